The van der Waals surface area contributed by atoms with Crippen molar-refractivity contribution in [1.29, 1.82) is 0 Å². The smallest absolute Gasteiger partial charge is 0.232 e. The Bertz CT molecular complexity index is 102. The van der Waals surface area contributed by atoms with Crippen molar-refractivity contribution in [2.45, 2.75) is 13.8 Å². The molecule has 0 rings (SSSR count). The minimum absolute atomic E-state index is 0.248. The van der Waals surface area contributed by atoms with E-state index in [0.717, 1.165) is 13.1 Å². The Labute approximate surface area is 67.0 Å². The first-order valence-electron chi connectivity index (χ1n) is 3.52. The summed E-state index contributed by atoms with van der Waals surface area (Å²) in [5.74, 6) is 0.860. The highest BCUT2D eigenvalue weighted by molar-refractivity contribution is 7.99. The first kappa shape index (κ1) is 9.82. The van der Waals surface area contributed by atoms with Crippen molar-refractivity contribution in [1.82, 2.24) is 4.90 Å². The van der Waals surface area contributed by atoms with Crippen LogP contribution >= 0.6 is 11.8 Å². The Hall–Kier alpha value is -0.180. The summed E-state index contributed by atoms with van der Waals surface area (Å²) >= 11 is 1.58. The molecule has 0 aromatic carbocycles. The fraction of sp³-hybridized carbons (Fsp3) is 0.857. The Morgan fingerprint density at radius 1 is 1.40 bits per heavy atom. The zero-order valence-electron chi connectivity index (χ0n) is 6.89. The molecule has 2 nitrogen and oxygen atoms in total. The van der Waals surface area contributed by atoms with E-state index < -0.39 is 0 Å². The molecule has 0 spiro atoms. The second-order valence-corrected chi connectivity index (χ2v) is 2.87. The molecule has 0 radical (unpaired) electrons. The molecule has 3 heteroatoms. The molecule has 0 fully saturated rings. The lowest BCUT2D eigenvalue weighted by molar-refractivity contribution is -0.127. The van der Waals surface area contributed by atoms with Crippen LogP contribution < -0.4 is 0 Å². The molecule has 0 saturated heterocycles. The van der Waals surface area contributed by atoms with Crippen LogP contribution in [0.15, 0.2) is 0 Å². The van der Waals surface area contributed by atoms with Gasteiger partial charge in [0.05, 0.1) is 5.75 Å². The zero-order valence-corrected chi connectivity index (χ0v) is 7.70. The molecule has 0 aliphatic rings. The van der Waals surface area contributed by atoms with Crippen molar-refractivity contribution in [3.63, 3.8) is 0 Å². The highest BCUT2D eigenvalue weighted by atomic mass is 32.2. The summed E-state index contributed by atoms with van der Waals surface area (Å²) in [7, 11) is 0. The summed E-state index contributed by atoms with van der Waals surface area (Å²) in [6.45, 7) is 5.66. The maximum atomic E-state index is 11.1. The van der Waals surface area contributed by atoms with Gasteiger partial charge in [-0.25, -0.2) is 0 Å². The van der Waals surface area contributed by atoms with Crippen molar-refractivity contribution < 1.29 is 4.79 Å². The topological polar surface area (TPSA) is 20.3 Å². The normalized spacial score (nSPS) is 9.50. The van der Waals surface area contributed by atoms with Crippen molar-refractivity contribution in [3.05, 3.63) is 0 Å². The second-order valence-electron chi connectivity index (χ2n) is 2.00. The summed E-state index contributed by atoms with van der Waals surface area (Å²) in [5, 5.41) is 0. The molecule has 0 atom stereocenters. The van der Waals surface area contributed by atoms with Crippen molar-refractivity contribution in [3.8, 4) is 0 Å². The molecule has 60 valence electrons. The van der Waals surface area contributed by atoms with Crippen molar-refractivity contribution in [2.75, 3.05) is 25.1 Å². The van der Waals surface area contributed by atoms with Gasteiger partial charge in [-0.2, -0.15) is 11.8 Å². The number of carbonyl (C=O) groups excluding carboxylic acids is 1. The van der Waals surface area contributed by atoms with E-state index in [2.05, 4.69) is 0 Å². The Morgan fingerprint density at radius 3 is 2.20 bits per heavy atom. The Balaban J connectivity index is 3.65. The van der Waals surface area contributed by atoms with Gasteiger partial charge in [-0.1, -0.05) is 0 Å². The highest BCUT2D eigenvalue weighted by Gasteiger charge is 2.06. The van der Waals surface area contributed by atoms with Gasteiger partial charge in [-0.15, -0.1) is 0 Å². The van der Waals surface area contributed by atoms with Crippen LogP contribution in [0.2, 0.25) is 0 Å². The largest absolute Gasteiger partial charge is 0.343 e. The van der Waals surface area contributed by atoms with Gasteiger partial charge < -0.3 is 4.90 Å². The van der Waals surface area contributed by atoms with Gasteiger partial charge in [0.15, 0.2) is 0 Å². The summed E-state index contributed by atoms with van der Waals surface area (Å²) < 4.78 is 0. The molecule has 0 heterocycles. The molecule has 0 aliphatic heterocycles. The quantitative estimate of drug-likeness (QED) is 0.618. The average molecular weight is 161 g/mol. The third-order valence-electron chi connectivity index (χ3n) is 1.38. The number of carbonyl (C=O) groups is 1. The standard InChI is InChI=1S/C7H15NOS/c1-4-8(5-2)7(9)6-10-3/h4-6H2,1-3H3. The van der Waals surface area contributed by atoms with Gasteiger partial charge >= 0.3 is 0 Å². The van der Waals surface area contributed by atoms with Gasteiger partial charge in [0.2, 0.25) is 5.91 Å². The summed E-state index contributed by atoms with van der Waals surface area (Å²) in [6.07, 6.45) is 1.95. The molecule has 0 saturated carbocycles. The van der Waals surface area contributed by atoms with E-state index in [1.54, 1.807) is 11.8 Å². The van der Waals surface area contributed by atoms with Crippen LogP contribution in [0.1, 0.15) is 13.8 Å². The van der Waals surface area contributed by atoms with Crippen LogP contribution in [0, 0.1) is 0 Å². The third-order valence-corrected chi connectivity index (χ3v) is 1.92. The van der Waals surface area contributed by atoms with Gasteiger partial charge in [0.25, 0.3) is 0 Å². The molecule has 1 amide bonds. The molecule has 0 unspecified atom stereocenters. The molecule has 0 aromatic heterocycles. The van der Waals surface area contributed by atoms with Gasteiger partial charge in [-0.3, -0.25) is 4.79 Å². The first-order chi connectivity index (χ1) is 4.76. The maximum Gasteiger partial charge on any atom is 0.232 e. The van der Waals surface area contributed by atoms with Crippen LogP contribution in [0.4, 0.5) is 0 Å². The van der Waals surface area contributed by atoms with Gasteiger partial charge in [0, 0.05) is 13.1 Å². The van der Waals surface area contributed by atoms with E-state index in [1.807, 2.05) is 25.0 Å². The molecule has 10 heavy (non-hydrogen) atoms. The predicted octanol–water partition coefficient (Wildman–Crippen LogP) is 1.22. The second kappa shape index (κ2) is 5.59. The fourth-order valence-corrected chi connectivity index (χ4v) is 1.22. The summed E-state index contributed by atoms with van der Waals surface area (Å²) in [6, 6.07) is 0. The summed E-state index contributed by atoms with van der Waals surface area (Å²) in [5.41, 5.74) is 0. The van der Waals surface area contributed by atoms with Crippen LogP contribution in [0.5, 0.6) is 0 Å². The first-order valence-corrected chi connectivity index (χ1v) is 4.92. The van der Waals surface area contributed by atoms with E-state index in [1.165, 1.54) is 0 Å². The maximum absolute atomic E-state index is 11.1. The van der Waals surface area contributed by atoms with Crippen molar-refractivity contribution in [2.24, 2.45) is 0 Å². The number of rotatable bonds is 4. The third kappa shape index (κ3) is 3.11. The van der Waals surface area contributed by atoms with Crippen LogP contribution in [0.25, 0.3) is 0 Å². The summed E-state index contributed by atoms with van der Waals surface area (Å²) in [4.78, 5) is 13.0. The average Bonchev–Trinajstić information content (AvgIpc) is 1.91. The van der Waals surface area contributed by atoms with E-state index >= 15 is 0 Å². The van der Waals surface area contributed by atoms with Crippen LogP contribution in [-0.2, 0) is 4.79 Å². The lowest BCUT2D eigenvalue weighted by Crippen LogP contribution is -2.31. The molecular weight excluding hydrogens is 146 g/mol. The molecule has 0 N–H and O–H groups in total. The van der Waals surface area contributed by atoms with Crippen LogP contribution in [0.3, 0.4) is 0 Å². The lowest BCUT2D eigenvalue weighted by atomic mass is 10.5. The van der Waals surface area contributed by atoms with E-state index in [4.69, 9.17) is 0 Å². The molecule has 0 bridgehead atoms. The Morgan fingerprint density at radius 2 is 1.90 bits per heavy atom. The van der Waals surface area contributed by atoms with Crippen molar-refractivity contribution >= 4 is 17.7 Å². The van der Waals surface area contributed by atoms with E-state index in [-0.39, 0.29) is 5.91 Å². The minimum Gasteiger partial charge on any atom is -0.343 e. The molecule has 0 aliphatic carbocycles. The zero-order chi connectivity index (χ0) is 7.98. The SMILES string of the molecule is CCN(CC)C(=O)CSC. The number of nitrogens with zero attached hydrogens (tertiary/aromatic N) is 1. The molecule has 0 aromatic rings. The van der Waals surface area contributed by atoms with E-state index in [0.29, 0.717) is 5.75 Å². The predicted molar refractivity (Wildman–Crippen MR) is 46.3 cm³/mol. The highest BCUT2D eigenvalue weighted by Crippen LogP contribution is 1.96. The van der Waals surface area contributed by atoms with Crippen LogP contribution in [-0.4, -0.2) is 35.9 Å². The number of hydrogen-bond acceptors (Lipinski definition) is 2. The molecular formula is C7H15NOS. The van der Waals surface area contributed by atoms with Gasteiger partial charge in [0.1, 0.15) is 0 Å². The number of hydrogen-bond donors (Lipinski definition) is 0. The fourth-order valence-electron chi connectivity index (χ4n) is 0.791. The number of amides is 1. The Kier molecular flexibility index (Phi) is 5.49. The van der Waals surface area contributed by atoms with Gasteiger partial charge in [-0.05, 0) is 20.1 Å². The van der Waals surface area contributed by atoms with E-state index in [9.17, 15) is 4.79 Å². The number of thioether (sulfide) groups is 1. The monoisotopic (exact) mass is 161 g/mol. The lowest BCUT2D eigenvalue weighted by Gasteiger charge is -2.17. The minimum atomic E-state index is 0.248.